The number of aromatic nitrogens is 2. The van der Waals surface area contributed by atoms with Crippen LogP contribution in [0.1, 0.15) is 43.0 Å². The van der Waals surface area contributed by atoms with Crippen molar-refractivity contribution in [2.75, 3.05) is 7.05 Å². The second-order valence-corrected chi connectivity index (χ2v) is 5.20. The summed E-state index contributed by atoms with van der Waals surface area (Å²) in [6.45, 7) is 0.623. The molecule has 0 bridgehead atoms. The van der Waals surface area contributed by atoms with Crippen molar-refractivity contribution >= 4 is 0 Å². The summed E-state index contributed by atoms with van der Waals surface area (Å²) in [5, 5.41) is 7.28. The van der Waals surface area contributed by atoms with E-state index in [1.54, 1.807) is 0 Å². The van der Waals surface area contributed by atoms with Gasteiger partial charge in [-0.1, -0.05) is 48.3 Å². The predicted molar refractivity (Wildman–Crippen MR) is 72.8 cm³/mol. The number of nitrogens with one attached hydrogen (secondary N) is 1. The van der Waals surface area contributed by atoms with Crippen LogP contribution in [-0.2, 0) is 12.0 Å². The molecule has 0 atom stereocenters. The highest BCUT2D eigenvalue weighted by molar-refractivity contribution is 5.33. The summed E-state index contributed by atoms with van der Waals surface area (Å²) in [5.74, 6) is 1.51. The fourth-order valence-electron chi connectivity index (χ4n) is 3.05. The van der Waals surface area contributed by atoms with Gasteiger partial charge in [-0.3, -0.25) is 0 Å². The standard InChI is InChI=1S/C15H19N3O/c1-16-11-13-17-14(18-19-13)15(9-5-6-10-15)12-7-3-2-4-8-12/h2-4,7-8,16H,5-6,9-11H2,1H3. The lowest BCUT2D eigenvalue weighted by Gasteiger charge is -2.25. The zero-order valence-corrected chi connectivity index (χ0v) is 11.2. The first-order valence-electron chi connectivity index (χ1n) is 6.88. The monoisotopic (exact) mass is 257 g/mol. The highest BCUT2D eigenvalue weighted by Gasteiger charge is 2.41. The van der Waals surface area contributed by atoms with Crippen molar-refractivity contribution in [1.29, 1.82) is 0 Å². The second-order valence-electron chi connectivity index (χ2n) is 5.20. The number of nitrogens with zero attached hydrogens (tertiary/aromatic N) is 2. The summed E-state index contributed by atoms with van der Waals surface area (Å²) in [6.07, 6.45) is 4.67. The fraction of sp³-hybridized carbons (Fsp3) is 0.467. The van der Waals surface area contributed by atoms with Crippen molar-refractivity contribution < 1.29 is 4.52 Å². The molecule has 1 aliphatic rings. The summed E-state index contributed by atoms with van der Waals surface area (Å²) in [7, 11) is 1.88. The van der Waals surface area contributed by atoms with Gasteiger partial charge in [-0.2, -0.15) is 4.98 Å². The molecule has 2 aromatic rings. The van der Waals surface area contributed by atoms with Crippen LogP contribution in [0.4, 0.5) is 0 Å². The molecule has 0 saturated heterocycles. The average Bonchev–Trinajstić information content (AvgIpc) is 3.09. The largest absolute Gasteiger partial charge is 0.338 e. The van der Waals surface area contributed by atoms with Crippen molar-refractivity contribution in [3.63, 3.8) is 0 Å². The Balaban J connectivity index is 2.00. The Kier molecular flexibility index (Phi) is 3.34. The van der Waals surface area contributed by atoms with E-state index in [9.17, 15) is 0 Å². The normalized spacial score (nSPS) is 17.7. The molecule has 1 aromatic heterocycles. The third kappa shape index (κ3) is 2.16. The van der Waals surface area contributed by atoms with Crippen LogP contribution in [0.5, 0.6) is 0 Å². The van der Waals surface area contributed by atoms with Crippen molar-refractivity contribution in [1.82, 2.24) is 15.5 Å². The first kappa shape index (κ1) is 12.4. The molecule has 1 aliphatic carbocycles. The fourth-order valence-corrected chi connectivity index (χ4v) is 3.05. The Morgan fingerprint density at radius 2 is 1.95 bits per heavy atom. The maximum atomic E-state index is 5.34. The van der Waals surface area contributed by atoms with E-state index < -0.39 is 0 Å². The zero-order chi connectivity index (χ0) is 13.1. The summed E-state index contributed by atoms with van der Waals surface area (Å²) in [6, 6.07) is 10.6. The van der Waals surface area contributed by atoms with Gasteiger partial charge < -0.3 is 9.84 Å². The molecule has 4 nitrogen and oxygen atoms in total. The van der Waals surface area contributed by atoms with Gasteiger partial charge in [0.15, 0.2) is 5.82 Å². The van der Waals surface area contributed by atoms with E-state index in [4.69, 9.17) is 4.52 Å². The van der Waals surface area contributed by atoms with Gasteiger partial charge in [-0.25, -0.2) is 0 Å². The molecule has 3 rings (SSSR count). The van der Waals surface area contributed by atoms with E-state index in [-0.39, 0.29) is 5.41 Å². The van der Waals surface area contributed by atoms with Crippen LogP contribution in [0, 0.1) is 0 Å². The molecule has 1 heterocycles. The first-order valence-corrected chi connectivity index (χ1v) is 6.88. The molecule has 4 heteroatoms. The van der Waals surface area contributed by atoms with Crippen LogP contribution in [-0.4, -0.2) is 17.2 Å². The van der Waals surface area contributed by atoms with E-state index in [1.807, 2.05) is 7.05 Å². The van der Waals surface area contributed by atoms with E-state index >= 15 is 0 Å². The van der Waals surface area contributed by atoms with Crippen molar-refractivity contribution in [3.05, 3.63) is 47.6 Å². The Bertz CT molecular complexity index is 529. The molecule has 1 N–H and O–H groups in total. The maximum absolute atomic E-state index is 5.34. The molecule has 1 fully saturated rings. The molecule has 0 radical (unpaired) electrons. The number of hydrogen-bond acceptors (Lipinski definition) is 4. The van der Waals surface area contributed by atoms with Crippen LogP contribution in [0.3, 0.4) is 0 Å². The van der Waals surface area contributed by atoms with Crippen LogP contribution in [0.25, 0.3) is 0 Å². The van der Waals surface area contributed by atoms with Crippen LogP contribution in [0.2, 0.25) is 0 Å². The van der Waals surface area contributed by atoms with E-state index in [0.717, 1.165) is 18.7 Å². The Hall–Kier alpha value is -1.68. The van der Waals surface area contributed by atoms with Gasteiger partial charge in [-0.15, -0.1) is 0 Å². The molecule has 0 aliphatic heterocycles. The molecule has 0 amide bonds. The molecule has 100 valence electrons. The molecule has 0 unspecified atom stereocenters. The Labute approximate surface area is 113 Å². The summed E-state index contributed by atoms with van der Waals surface area (Å²) < 4.78 is 5.34. The highest BCUT2D eigenvalue weighted by atomic mass is 16.5. The van der Waals surface area contributed by atoms with E-state index in [0.29, 0.717) is 12.4 Å². The van der Waals surface area contributed by atoms with Crippen LogP contribution >= 0.6 is 0 Å². The van der Waals surface area contributed by atoms with Gasteiger partial charge >= 0.3 is 0 Å². The number of rotatable bonds is 4. The summed E-state index contributed by atoms with van der Waals surface area (Å²) >= 11 is 0. The van der Waals surface area contributed by atoms with Crippen LogP contribution in [0.15, 0.2) is 34.9 Å². The number of benzene rings is 1. The first-order chi connectivity index (χ1) is 9.35. The SMILES string of the molecule is CNCc1nc(C2(c3ccccc3)CCCC2)no1. The molecule has 19 heavy (non-hydrogen) atoms. The maximum Gasteiger partial charge on any atom is 0.240 e. The topological polar surface area (TPSA) is 51.0 Å². The molecule has 1 aromatic carbocycles. The van der Waals surface area contributed by atoms with Crippen molar-refractivity contribution in [2.24, 2.45) is 0 Å². The van der Waals surface area contributed by atoms with Gasteiger partial charge in [0.05, 0.1) is 12.0 Å². The lowest BCUT2D eigenvalue weighted by atomic mass is 9.78. The lowest BCUT2D eigenvalue weighted by Crippen LogP contribution is -2.25. The smallest absolute Gasteiger partial charge is 0.240 e. The number of hydrogen-bond donors (Lipinski definition) is 1. The Morgan fingerprint density at radius 1 is 1.21 bits per heavy atom. The summed E-state index contributed by atoms with van der Waals surface area (Å²) in [4.78, 5) is 4.59. The second kappa shape index (κ2) is 5.13. The molecular formula is C15H19N3O. The molecule has 1 saturated carbocycles. The predicted octanol–water partition coefficient (Wildman–Crippen LogP) is 2.65. The van der Waals surface area contributed by atoms with Crippen molar-refractivity contribution in [2.45, 2.75) is 37.6 Å². The molecular weight excluding hydrogens is 238 g/mol. The average molecular weight is 257 g/mol. The highest BCUT2D eigenvalue weighted by Crippen LogP contribution is 2.44. The third-order valence-electron chi connectivity index (χ3n) is 4.01. The van der Waals surface area contributed by atoms with Gasteiger partial charge in [0.2, 0.25) is 5.89 Å². The minimum Gasteiger partial charge on any atom is -0.338 e. The van der Waals surface area contributed by atoms with Crippen molar-refractivity contribution in [3.8, 4) is 0 Å². The van der Waals surface area contributed by atoms with Gasteiger partial charge in [0.1, 0.15) is 0 Å². The van der Waals surface area contributed by atoms with Gasteiger partial charge in [0.25, 0.3) is 0 Å². The quantitative estimate of drug-likeness (QED) is 0.914. The van der Waals surface area contributed by atoms with Gasteiger partial charge in [0, 0.05) is 0 Å². The van der Waals surface area contributed by atoms with Crippen LogP contribution < -0.4 is 5.32 Å². The Morgan fingerprint density at radius 3 is 2.63 bits per heavy atom. The zero-order valence-electron chi connectivity index (χ0n) is 11.2. The van der Waals surface area contributed by atoms with Gasteiger partial charge in [-0.05, 0) is 25.5 Å². The lowest BCUT2D eigenvalue weighted by molar-refractivity contribution is 0.355. The third-order valence-corrected chi connectivity index (χ3v) is 4.01. The van der Waals surface area contributed by atoms with E-state index in [1.165, 1.54) is 18.4 Å². The minimum atomic E-state index is -0.0449. The summed E-state index contributed by atoms with van der Waals surface area (Å²) in [5.41, 5.74) is 1.26. The molecule has 0 spiro atoms. The van der Waals surface area contributed by atoms with E-state index in [2.05, 4.69) is 45.8 Å². The minimum absolute atomic E-state index is 0.0449.